The molecule has 4 nitrogen and oxygen atoms in total. The molecule has 116 valence electrons. The van der Waals surface area contributed by atoms with Crippen molar-refractivity contribution in [2.75, 3.05) is 6.54 Å². The van der Waals surface area contributed by atoms with E-state index in [9.17, 15) is 8.42 Å². The van der Waals surface area contributed by atoms with Gasteiger partial charge < -0.3 is 5.73 Å². The summed E-state index contributed by atoms with van der Waals surface area (Å²) in [6, 6.07) is 7.35. The first kappa shape index (κ1) is 16.4. The van der Waals surface area contributed by atoms with Gasteiger partial charge in [0.25, 0.3) is 0 Å². The number of thiocarbonyl (C=S) groups is 1. The molecule has 1 aliphatic carbocycles. The van der Waals surface area contributed by atoms with Crippen molar-refractivity contribution in [3.05, 3.63) is 35.4 Å². The Hall–Kier alpha value is -0.980. The zero-order valence-electron chi connectivity index (χ0n) is 12.5. The molecule has 2 rings (SSSR count). The fourth-order valence-corrected chi connectivity index (χ4v) is 4.40. The van der Waals surface area contributed by atoms with Crippen LogP contribution in [0.4, 0.5) is 0 Å². The van der Waals surface area contributed by atoms with E-state index < -0.39 is 10.0 Å². The highest BCUT2D eigenvalue weighted by Gasteiger charge is 2.37. The third kappa shape index (κ3) is 4.49. The van der Waals surface area contributed by atoms with Gasteiger partial charge in [-0.05, 0) is 30.4 Å². The van der Waals surface area contributed by atoms with Crippen molar-refractivity contribution in [2.45, 2.75) is 38.5 Å². The molecular weight excluding hydrogens is 304 g/mol. The van der Waals surface area contributed by atoms with Gasteiger partial charge in [-0.2, -0.15) is 4.31 Å². The quantitative estimate of drug-likeness (QED) is 0.781. The molecule has 0 radical (unpaired) electrons. The molecule has 1 saturated carbocycles. The van der Waals surface area contributed by atoms with Crippen molar-refractivity contribution in [3.8, 4) is 0 Å². The van der Waals surface area contributed by atoms with Gasteiger partial charge in [-0.25, -0.2) is 8.42 Å². The van der Waals surface area contributed by atoms with E-state index in [0.29, 0.717) is 18.0 Å². The zero-order valence-corrected chi connectivity index (χ0v) is 14.1. The second-order valence-corrected chi connectivity index (χ2v) is 8.38. The summed E-state index contributed by atoms with van der Waals surface area (Å²) >= 11 is 4.94. The summed E-state index contributed by atoms with van der Waals surface area (Å²) in [6.07, 6.45) is 1.94. The van der Waals surface area contributed by atoms with E-state index in [1.165, 1.54) is 0 Å². The smallest absolute Gasteiger partial charge is 0.218 e. The van der Waals surface area contributed by atoms with Crippen LogP contribution in [0.2, 0.25) is 0 Å². The Morgan fingerprint density at radius 1 is 1.43 bits per heavy atom. The highest BCUT2D eigenvalue weighted by atomic mass is 32.2. The summed E-state index contributed by atoms with van der Waals surface area (Å²) in [5.41, 5.74) is 7.04. The molecule has 0 bridgehead atoms. The molecule has 1 aromatic rings. The summed E-state index contributed by atoms with van der Waals surface area (Å²) in [4.78, 5) is 0.287. The molecule has 0 aromatic heterocycles. The first-order valence-electron chi connectivity index (χ1n) is 7.18. The largest absolute Gasteiger partial charge is 0.389 e. The van der Waals surface area contributed by atoms with E-state index >= 15 is 0 Å². The number of rotatable bonds is 7. The second-order valence-electron chi connectivity index (χ2n) is 6.02. The van der Waals surface area contributed by atoms with E-state index in [4.69, 9.17) is 18.0 Å². The van der Waals surface area contributed by atoms with Crippen LogP contribution >= 0.6 is 12.2 Å². The molecule has 0 unspecified atom stereocenters. The highest BCUT2D eigenvalue weighted by molar-refractivity contribution is 7.88. The average Bonchev–Trinajstić information content (AvgIpc) is 3.19. The van der Waals surface area contributed by atoms with Crippen LogP contribution in [0.25, 0.3) is 0 Å². The summed E-state index contributed by atoms with van der Waals surface area (Å²) in [7, 11) is -3.30. The van der Waals surface area contributed by atoms with Gasteiger partial charge >= 0.3 is 0 Å². The third-order valence-corrected chi connectivity index (χ3v) is 5.51. The Kier molecular flexibility index (Phi) is 5.01. The highest BCUT2D eigenvalue weighted by Crippen LogP contribution is 2.31. The third-order valence-electron chi connectivity index (χ3n) is 3.42. The van der Waals surface area contributed by atoms with Crippen LogP contribution in [0.15, 0.2) is 24.3 Å². The van der Waals surface area contributed by atoms with Gasteiger partial charge in [-0.1, -0.05) is 44.3 Å². The predicted octanol–water partition coefficient (Wildman–Crippen LogP) is 2.27. The fraction of sp³-hybridized carbons (Fsp3) is 0.533. The number of hydrogen-bond acceptors (Lipinski definition) is 3. The van der Waals surface area contributed by atoms with Gasteiger partial charge in [-0.15, -0.1) is 0 Å². The van der Waals surface area contributed by atoms with Crippen LogP contribution in [0.1, 0.15) is 37.8 Å². The second kappa shape index (κ2) is 6.42. The molecule has 1 fully saturated rings. The molecule has 1 aliphatic rings. The Morgan fingerprint density at radius 3 is 2.62 bits per heavy atom. The molecule has 1 aromatic carbocycles. The van der Waals surface area contributed by atoms with Crippen molar-refractivity contribution in [3.63, 3.8) is 0 Å². The average molecular weight is 326 g/mol. The number of benzene rings is 1. The predicted molar refractivity (Wildman–Crippen MR) is 89.5 cm³/mol. The Bertz CT molecular complexity index is 622. The monoisotopic (exact) mass is 326 g/mol. The first-order chi connectivity index (χ1) is 9.79. The van der Waals surface area contributed by atoms with Crippen molar-refractivity contribution < 1.29 is 8.42 Å². The summed E-state index contributed by atoms with van der Waals surface area (Å²) in [5.74, 6) is 0.329. The Labute approximate surface area is 132 Å². The summed E-state index contributed by atoms with van der Waals surface area (Å²) < 4.78 is 27.0. The molecule has 0 heterocycles. The van der Waals surface area contributed by atoms with E-state index in [1.807, 2.05) is 13.8 Å². The SMILES string of the molecule is CC(C)CN(C1CC1)S(=O)(=O)Cc1cccc(C(N)=S)c1. The molecule has 0 atom stereocenters. The topological polar surface area (TPSA) is 63.4 Å². The molecule has 21 heavy (non-hydrogen) atoms. The first-order valence-corrected chi connectivity index (χ1v) is 9.19. The molecular formula is C15H22N2O2S2. The van der Waals surface area contributed by atoms with E-state index in [1.54, 1.807) is 28.6 Å². The van der Waals surface area contributed by atoms with E-state index in [2.05, 4.69) is 0 Å². The Morgan fingerprint density at radius 2 is 2.10 bits per heavy atom. The van der Waals surface area contributed by atoms with Gasteiger partial charge in [0.2, 0.25) is 10.0 Å². The van der Waals surface area contributed by atoms with Gasteiger partial charge in [0, 0.05) is 18.2 Å². The number of sulfonamides is 1. The molecule has 0 aliphatic heterocycles. The lowest BCUT2D eigenvalue weighted by atomic mass is 10.1. The number of hydrogen-bond donors (Lipinski definition) is 1. The lowest BCUT2D eigenvalue weighted by Gasteiger charge is -2.23. The minimum atomic E-state index is -3.30. The molecule has 0 amide bonds. The summed E-state index contributed by atoms with van der Waals surface area (Å²) in [5, 5.41) is 0. The van der Waals surface area contributed by atoms with Crippen LogP contribution in [0, 0.1) is 5.92 Å². The standard InChI is InChI=1S/C15H22N2O2S2/c1-11(2)9-17(14-6-7-14)21(18,19)10-12-4-3-5-13(8-12)15(16)20/h3-5,8,11,14H,6-7,9-10H2,1-2H3,(H2,16,20). The van der Waals surface area contributed by atoms with Gasteiger partial charge in [0.05, 0.1) is 5.75 Å². The number of nitrogens with zero attached hydrogens (tertiary/aromatic N) is 1. The zero-order chi connectivity index (χ0) is 15.6. The van der Waals surface area contributed by atoms with Gasteiger partial charge in [0.1, 0.15) is 4.99 Å². The van der Waals surface area contributed by atoms with Crippen LogP contribution < -0.4 is 5.73 Å². The summed E-state index contributed by atoms with van der Waals surface area (Å²) in [6.45, 7) is 4.67. The van der Waals surface area contributed by atoms with E-state index in [0.717, 1.165) is 18.4 Å². The minimum Gasteiger partial charge on any atom is -0.389 e. The molecule has 6 heteroatoms. The fourth-order valence-electron chi connectivity index (χ4n) is 2.32. The maximum absolute atomic E-state index is 12.7. The van der Waals surface area contributed by atoms with Crippen LogP contribution in [-0.4, -0.2) is 30.3 Å². The van der Waals surface area contributed by atoms with Crippen LogP contribution in [0.3, 0.4) is 0 Å². The molecule has 0 spiro atoms. The lowest BCUT2D eigenvalue weighted by molar-refractivity contribution is 0.359. The molecule has 2 N–H and O–H groups in total. The Balaban J connectivity index is 2.19. The maximum atomic E-state index is 12.7. The van der Waals surface area contributed by atoms with E-state index in [-0.39, 0.29) is 16.8 Å². The van der Waals surface area contributed by atoms with Crippen LogP contribution in [-0.2, 0) is 15.8 Å². The number of nitrogens with two attached hydrogens (primary N) is 1. The van der Waals surface area contributed by atoms with Crippen molar-refractivity contribution in [2.24, 2.45) is 11.7 Å². The van der Waals surface area contributed by atoms with Crippen molar-refractivity contribution >= 4 is 27.2 Å². The van der Waals surface area contributed by atoms with Gasteiger partial charge in [-0.3, -0.25) is 0 Å². The van der Waals surface area contributed by atoms with Gasteiger partial charge in [0.15, 0.2) is 0 Å². The minimum absolute atomic E-state index is 0.00662. The van der Waals surface area contributed by atoms with Crippen molar-refractivity contribution in [1.82, 2.24) is 4.31 Å². The lowest BCUT2D eigenvalue weighted by Crippen LogP contribution is -2.37. The van der Waals surface area contributed by atoms with Crippen molar-refractivity contribution in [1.29, 1.82) is 0 Å². The molecule has 0 saturated heterocycles. The normalized spacial score (nSPS) is 15.6. The van der Waals surface area contributed by atoms with Crippen LogP contribution in [0.5, 0.6) is 0 Å². The maximum Gasteiger partial charge on any atom is 0.218 e.